The minimum Gasteiger partial charge on any atom is -0.391 e. The van der Waals surface area contributed by atoms with Crippen molar-refractivity contribution in [3.8, 4) is 0 Å². The molecule has 0 aliphatic heterocycles. The number of carbonyl (C=O) groups is 1. The third-order valence-corrected chi connectivity index (χ3v) is 2.99. The average Bonchev–Trinajstić information content (AvgIpc) is 2.33. The van der Waals surface area contributed by atoms with Crippen LogP contribution in [0.5, 0.6) is 0 Å². The maximum absolute atomic E-state index is 13.4. The average molecular weight is 312 g/mol. The molecule has 0 unspecified atom stereocenters. The van der Waals surface area contributed by atoms with Crippen LogP contribution in [0.25, 0.3) is 0 Å². The molecule has 0 spiro atoms. The van der Waals surface area contributed by atoms with Gasteiger partial charge in [-0.25, -0.2) is 22.0 Å². The van der Waals surface area contributed by atoms with E-state index in [1.54, 1.807) is 0 Å². The Bertz CT molecular complexity index is 574. The lowest BCUT2D eigenvalue weighted by Crippen LogP contribution is -2.52. The minimum atomic E-state index is -2.34. The van der Waals surface area contributed by atoms with Crippen LogP contribution in [0.1, 0.15) is 24.2 Å². The van der Waals surface area contributed by atoms with Gasteiger partial charge in [0, 0.05) is 0 Å². The van der Waals surface area contributed by atoms with Gasteiger partial charge in [0.2, 0.25) is 5.82 Å². The minimum absolute atomic E-state index is 0.227. The number of amides is 1. The molecule has 0 aromatic heterocycles. The van der Waals surface area contributed by atoms with E-state index in [1.165, 1.54) is 13.8 Å². The fourth-order valence-corrected chi connectivity index (χ4v) is 1.26. The molecular weight excluding hydrogens is 303 g/mol. The van der Waals surface area contributed by atoms with Gasteiger partial charge in [-0.05, 0) is 13.8 Å². The maximum atomic E-state index is 13.4. The zero-order valence-electron chi connectivity index (χ0n) is 10.3. The quantitative estimate of drug-likeness (QED) is 0.389. The van der Waals surface area contributed by atoms with E-state index in [-0.39, 0.29) is 4.99 Å². The normalized spacial score (nSPS) is 11.3. The largest absolute Gasteiger partial charge is 0.391 e. The Labute approximate surface area is 115 Å². The fourth-order valence-electron chi connectivity index (χ4n) is 1.21. The second kappa shape index (κ2) is 5.31. The molecule has 1 aromatic rings. The van der Waals surface area contributed by atoms with Crippen LogP contribution in [-0.2, 0) is 0 Å². The SMILES string of the molecule is CC(C)(NC(=O)c1c(F)c(F)c(F)c(F)c1F)C(N)=S. The number of halogens is 5. The van der Waals surface area contributed by atoms with Gasteiger partial charge in [0.05, 0.1) is 10.5 Å². The van der Waals surface area contributed by atoms with E-state index in [4.69, 9.17) is 5.73 Å². The predicted octanol–water partition coefficient (Wildman–Crippen LogP) is 2.18. The molecular formula is C11H9F5N2OS. The Morgan fingerprint density at radius 2 is 1.35 bits per heavy atom. The van der Waals surface area contributed by atoms with E-state index >= 15 is 0 Å². The van der Waals surface area contributed by atoms with Crippen LogP contribution in [0.4, 0.5) is 22.0 Å². The highest BCUT2D eigenvalue weighted by Gasteiger charge is 2.32. The van der Waals surface area contributed by atoms with Gasteiger partial charge in [0.15, 0.2) is 23.3 Å². The summed E-state index contributed by atoms with van der Waals surface area (Å²) < 4.78 is 65.5. The van der Waals surface area contributed by atoms with E-state index in [1.807, 2.05) is 5.32 Å². The molecule has 1 rings (SSSR count). The van der Waals surface area contributed by atoms with E-state index < -0.39 is 46.1 Å². The molecule has 3 nitrogen and oxygen atoms in total. The molecule has 110 valence electrons. The smallest absolute Gasteiger partial charge is 0.258 e. The highest BCUT2D eigenvalue weighted by Crippen LogP contribution is 2.23. The Morgan fingerprint density at radius 1 is 1.00 bits per heavy atom. The summed E-state index contributed by atoms with van der Waals surface area (Å²) in [6.07, 6.45) is 0. The van der Waals surface area contributed by atoms with Crippen LogP contribution >= 0.6 is 12.2 Å². The van der Waals surface area contributed by atoms with Gasteiger partial charge in [-0.2, -0.15) is 0 Å². The van der Waals surface area contributed by atoms with Gasteiger partial charge in [-0.15, -0.1) is 0 Å². The van der Waals surface area contributed by atoms with Crippen LogP contribution in [0, 0.1) is 29.1 Å². The first kappa shape index (κ1) is 16.3. The molecule has 0 bridgehead atoms. The number of rotatable bonds is 3. The number of carbonyl (C=O) groups excluding carboxylic acids is 1. The highest BCUT2D eigenvalue weighted by molar-refractivity contribution is 7.80. The van der Waals surface area contributed by atoms with Crippen molar-refractivity contribution in [2.24, 2.45) is 5.73 Å². The third kappa shape index (κ3) is 2.72. The van der Waals surface area contributed by atoms with Crippen molar-refractivity contribution in [1.82, 2.24) is 5.32 Å². The lowest BCUT2D eigenvalue weighted by atomic mass is 10.0. The number of nitrogens with one attached hydrogen (secondary N) is 1. The Balaban J connectivity index is 3.35. The molecule has 0 radical (unpaired) electrons. The van der Waals surface area contributed by atoms with Crippen LogP contribution in [0.2, 0.25) is 0 Å². The van der Waals surface area contributed by atoms with Crippen molar-refractivity contribution in [1.29, 1.82) is 0 Å². The molecule has 9 heteroatoms. The molecule has 0 fully saturated rings. The molecule has 0 aliphatic carbocycles. The highest BCUT2D eigenvalue weighted by atomic mass is 32.1. The Morgan fingerprint density at radius 3 is 1.70 bits per heavy atom. The number of hydrogen-bond acceptors (Lipinski definition) is 2. The summed E-state index contributed by atoms with van der Waals surface area (Å²) in [6.45, 7) is 2.61. The first-order valence-electron chi connectivity index (χ1n) is 5.14. The van der Waals surface area contributed by atoms with Gasteiger partial charge in [-0.3, -0.25) is 4.79 Å². The molecule has 0 aliphatic rings. The summed E-state index contributed by atoms with van der Waals surface area (Å²) in [6, 6.07) is 0. The number of nitrogens with two attached hydrogens (primary N) is 1. The van der Waals surface area contributed by atoms with Gasteiger partial charge < -0.3 is 11.1 Å². The van der Waals surface area contributed by atoms with E-state index in [0.717, 1.165) is 0 Å². The summed E-state index contributed by atoms with van der Waals surface area (Å²) in [5.74, 6) is -12.7. The van der Waals surface area contributed by atoms with Crippen molar-refractivity contribution in [3.63, 3.8) is 0 Å². The van der Waals surface area contributed by atoms with Gasteiger partial charge in [0.25, 0.3) is 5.91 Å². The monoisotopic (exact) mass is 312 g/mol. The zero-order chi connectivity index (χ0) is 15.8. The first-order valence-corrected chi connectivity index (χ1v) is 5.55. The zero-order valence-corrected chi connectivity index (χ0v) is 11.1. The van der Waals surface area contributed by atoms with Crippen molar-refractivity contribution >= 4 is 23.1 Å². The molecule has 20 heavy (non-hydrogen) atoms. The molecule has 1 amide bonds. The fraction of sp³-hybridized carbons (Fsp3) is 0.273. The summed E-state index contributed by atoms with van der Waals surface area (Å²) >= 11 is 4.61. The number of hydrogen-bond donors (Lipinski definition) is 2. The molecule has 0 saturated carbocycles. The summed E-state index contributed by atoms with van der Waals surface area (Å²) in [4.78, 5) is 11.4. The number of benzene rings is 1. The van der Waals surface area contributed by atoms with Crippen LogP contribution in [0.15, 0.2) is 0 Å². The van der Waals surface area contributed by atoms with Crippen molar-refractivity contribution < 1.29 is 26.7 Å². The molecule has 0 atom stereocenters. The standard InChI is InChI=1S/C11H9F5N2OS/c1-11(2,10(17)20)18-9(19)3-4(12)6(14)8(16)7(15)5(3)13/h1-2H3,(H2,17,20)(H,18,19). The second-order valence-electron chi connectivity index (χ2n) is 4.39. The molecule has 1 aromatic carbocycles. The van der Waals surface area contributed by atoms with E-state index in [0.29, 0.717) is 0 Å². The van der Waals surface area contributed by atoms with E-state index in [2.05, 4.69) is 12.2 Å². The summed E-state index contributed by atoms with van der Waals surface area (Å²) in [5, 5.41) is 1.99. The van der Waals surface area contributed by atoms with E-state index in [9.17, 15) is 26.7 Å². The van der Waals surface area contributed by atoms with Gasteiger partial charge in [-0.1, -0.05) is 12.2 Å². The summed E-state index contributed by atoms with van der Waals surface area (Å²) in [5.41, 5.74) is 2.32. The van der Waals surface area contributed by atoms with Crippen LogP contribution < -0.4 is 11.1 Å². The summed E-state index contributed by atoms with van der Waals surface area (Å²) in [7, 11) is 0. The second-order valence-corrected chi connectivity index (χ2v) is 4.83. The number of thiocarbonyl (C=S) groups is 1. The lowest BCUT2D eigenvalue weighted by molar-refractivity contribution is 0.0920. The van der Waals surface area contributed by atoms with Crippen LogP contribution in [-0.4, -0.2) is 16.4 Å². The maximum Gasteiger partial charge on any atom is 0.258 e. The molecule has 3 N–H and O–H groups in total. The molecule has 0 heterocycles. The third-order valence-electron chi connectivity index (χ3n) is 2.48. The Hall–Kier alpha value is -1.77. The van der Waals surface area contributed by atoms with Gasteiger partial charge >= 0.3 is 0 Å². The first-order chi connectivity index (χ1) is 9.00. The van der Waals surface area contributed by atoms with Crippen molar-refractivity contribution in [3.05, 3.63) is 34.6 Å². The Kier molecular flexibility index (Phi) is 4.33. The van der Waals surface area contributed by atoms with Gasteiger partial charge in [0.1, 0.15) is 5.56 Å². The molecule has 0 saturated heterocycles. The predicted molar refractivity (Wildman–Crippen MR) is 64.6 cm³/mol. The van der Waals surface area contributed by atoms with Crippen molar-refractivity contribution in [2.45, 2.75) is 19.4 Å². The lowest BCUT2D eigenvalue weighted by Gasteiger charge is -2.25. The topological polar surface area (TPSA) is 55.1 Å². The van der Waals surface area contributed by atoms with Crippen molar-refractivity contribution in [2.75, 3.05) is 0 Å². The van der Waals surface area contributed by atoms with Crippen LogP contribution in [0.3, 0.4) is 0 Å².